The molecule has 6 rings (SSSR count). The van der Waals surface area contributed by atoms with Crippen LogP contribution in [0.3, 0.4) is 0 Å². The van der Waals surface area contributed by atoms with Crippen LogP contribution in [-0.4, -0.2) is 46.1 Å². The Morgan fingerprint density at radius 2 is 1.57 bits per heavy atom. The lowest BCUT2D eigenvalue weighted by Crippen LogP contribution is -2.45. The number of nitrogens with zero attached hydrogens (tertiary/aromatic N) is 1. The van der Waals surface area contributed by atoms with E-state index in [1.54, 1.807) is 30.3 Å². The summed E-state index contributed by atoms with van der Waals surface area (Å²) in [5.41, 5.74) is 2.06. The van der Waals surface area contributed by atoms with Crippen LogP contribution in [0.15, 0.2) is 66.7 Å². The van der Waals surface area contributed by atoms with Gasteiger partial charge in [-0.15, -0.1) is 11.3 Å². The molecule has 0 bridgehead atoms. The van der Waals surface area contributed by atoms with E-state index in [0.29, 0.717) is 17.2 Å². The number of piperidine rings is 1. The van der Waals surface area contributed by atoms with Gasteiger partial charge in [-0.25, -0.2) is 0 Å². The lowest BCUT2D eigenvalue weighted by atomic mass is 9.97. The molecule has 2 heterocycles. The molecule has 2 N–H and O–H groups in total. The zero-order valence-corrected chi connectivity index (χ0v) is 21.5. The van der Waals surface area contributed by atoms with Gasteiger partial charge in [0.05, 0.1) is 0 Å². The minimum absolute atomic E-state index is 0.0707. The Hall–Kier alpha value is -3.35. The molecule has 0 radical (unpaired) electrons. The maximum Gasteiger partial charge on any atom is 0.195 e. The molecule has 2 atom stereocenters. The standard InChI is InChI=1S/C31H31NO4S/c33-22-11-7-21(8-12-22)31-29(25-16-13-23(34)19-28(25)37-31)30(35)20-9-14-24(15-10-20)36-27-6-4-5-26(27)32-17-2-1-3-18-32/h7-16,19,26-27,33-34H,1-6,17-18H2. The number of ether oxygens (including phenoxy) is 1. The number of phenols is 2. The van der Waals surface area contributed by atoms with E-state index in [-0.39, 0.29) is 23.4 Å². The molecule has 0 spiro atoms. The second kappa shape index (κ2) is 10.2. The summed E-state index contributed by atoms with van der Waals surface area (Å²) in [5.74, 6) is 1.08. The average Bonchev–Trinajstić information content (AvgIpc) is 3.54. The van der Waals surface area contributed by atoms with E-state index in [2.05, 4.69) is 4.90 Å². The molecule has 4 aromatic rings. The molecular formula is C31H31NO4S. The molecule has 3 aromatic carbocycles. The van der Waals surface area contributed by atoms with Crippen molar-refractivity contribution in [2.45, 2.75) is 50.7 Å². The van der Waals surface area contributed by atoms with Gasteiger partial charge in [-0.05, 0) is 117 Å². The molecule has 2 unspecified atom stereocenters. The predicted octanol–water partition coefficient (Wildman–Crippen LogP) is 7.00. The minimum atomic E-state index is -0.0707. The third kappa shape index (κ3) is 4.83. The van der Waals surface area contributed by atoms with E-state index in [1.807, 2.05) is 36.4 Å². The van der Waals surface area contributed by atoms with Gasteiger partial charge < -0.3 is 14.9 Å². The molecular weight excluding hydrogens is 482 g/mol. The van der Waals surface area contributed by atoms with Crippen LogP contribution in [-0.2, 0) is 0 Å². The highest BCUT2D eigenvalue weighted by Gasteiger charge is 2.34. The van der Waals surface area contributed by atoms with Gasteiger partial charge >= 0.3 is 0 Å². The predicted molar refractivity (Wildman–Crippen MR) is 148 cm³/mol. The second-order valence-corrected chi connectivity index (χ2v) is 11.2. The van der Waals surface area contributed by atoms with Crippen molar-refractivity contribution in [1.29, 1.82) is 0 Å². The fourth-order valence-electron chi connectivity index (χ4n) is 5.84. The van der Waals surface area contributed by atoms with E-state index in [9.17, 15) is 15.0 Å². The first kappa shape index (κ1) is 24.0. The quantitative estimate of drug-likeness (QED) is 0.272. The third-order valence-electron chi connectivity index (χ3n) is 7.71. The molecule has 1 aromatic heterocycles. The summed E-state index contributed by atoms with van der Waals surface area (Å²) in [4.78, 5) is 17.3. The molecule has 37 heavy (non-hydrogen) atoms. The Bertz CT molecular complexity index is 1400. The Kier molecular flexibility index (Phi) is 6.61. The summed E-state index contributed by atoms with van der Waals surface area (Å²) in [6.45, 7) is 2.35. The molecule has 2 aliphatic rings. The van der Waals surface area contributed by atoms with Crippen LogP contribution in [0.25, 0.3) is 20.5 Å². The number of likely N-dealkylation sites (tertiary alicyclic amines) is 1. The van der Waals surface area contributed by atoms with E-state index in [4.69, 9.17) is 4.74 Å². The van der Waals surface area contributed by atoms with Gasteiger partial charge in [-0.2, -0.15) is 0 Å². The van der Waals surface area contributed by atoms with Crippen molar-refractivity contribution in [2.75, 3.05) is 13.1 Å². The highest BCUT2D eigenvalue weighted by atomic mass is 32.1. The number of aromatic hydroxyl groups is 2. The highest BCUT2D eigenvalue weighted by Crippen LogP contribution is 2.41. The Balaban J connectivity index is 1.27. The van der Waals surface area contributed by atoms with Crippen molar-refractivity contribution < 1.29 is 19.7 Å². The number of ketones is 1. The molecule has 1 saturated heterocycles. The zero-order valence-electron chi connectivity index (χ0n) is 20.7. The van der Waals surface area contributed by atoms with Crippen LogP contribution in [0.2, 0.25) is 0 Å². The molecule has 1 aliphatic heterocycles. The number of carbonyl (C=O) groups is 1. The first-order valence-corrected chi connectivity index (χ1v) is 14.0. The number of hydrogen-bond acceptors (Lipinski definition) is 6. The number of carbonyl (C=O) groups excluding carboxylic acids is 1. The van der Waals surface area contributed by atoms with E-state index < -0.39 is 0 Å². The third-order valence-corrected chi connectivity index (χ3v) is 8.91. The van der Waals surface area contributed by atoms with Crippen LogP contribution in [0, 0.1) is 0 Å². The number of hydrogen-bond donors (Lipinski definition) is 2. The van der Waals surface area contributed by atoms with E-state index in [1.165, 1.54) is 56.5 Å². The van der Waals surface area contributed by atoms with Crippen LogP contribution < -0.4 is 4.74 Å². The summed E-state index contributed by atoms with van der Waals surface area (Å²) >= 11 is 1.47. The largest absolute Gasteiger partial charge is 0.508 e. The fraction of sp³-hybridized carbons (Fsp3) is 0.323. The van der Waals surface area contributed by atoms with Gasteiger partial charge in [-0.1, -0.05) is 6.42 Å². The van der Waals surface area contributed by atoms with Gasteiger partial charge in [0.15, 0.2) is 5.78 Å². The maximum atomic E-state index is 13.8. The van der Waals surface area contributed by atoms with Crippen molar-refractivity contribution >= 4 is 27.2 Å². The molecule has 6 heteroatoms. The fourth-order valence-corrected chi connectivity index (χ4v) is 7.08. The topological polar surface area (TPSA) is 70.0 Å². The average molecular weight is 514 g/mol. The number of thiophene rings is 1. The van der Waals surface area contributed by atoms with Gasteiger partial charge in [0, 0.05) is 32.1 Å². The first-order chi connectivity index (χ1) is 18.1. The summed E-state index contributed by atoms with van der Waals surface area (Å²) in [6.07, 6.45) is 7.57. The Morgan fingerprint density at radius 1 is 0.838 bits per heavy atom. The lowest BCUT2D eigenvalue weighted by Gasteiger charge is -2.35. The molecule has 0 amide bonds. The molecule has 190 valence electrons. The molecule has 1 saturated carbocycles. The number of benzene rings is 3. The Labute approximate surface area is 220 Å². The summed E-state index contributed by atoms with van der Waals surface area (Å²) in [6, 6.07) is 20.0. The summed E-state index contributed by atoms with van der Waals surface area (Å²) in [5, 5.41) is 20.6. The summed E-state index contributed by atoms with van der Waals surface area (Å²) in [7, 11) is 0. The number of fused-ring (bicyclic) bond motifs is 1. The van der Waals surface area contributed by atoms with Crippen molar-refractivity contribution in [2.24, 2.45) is 0 Å². The van der Waals surface area contributed by atoms with Gasteiger partial charge in [0.2, 0.25) is 0 Å². The van der Waals surface area contributed by atoms with Gasteiger partial charge in [-0.3, -0.25) is 9.69 Å². The molecule has 5 nitrogen and oxygen atoms in total. The normalized spacial score (nSPS) is 20.3. The number of rotatable bonds is 6. The second-order valence-electron chi connectivity index (χ2n) is 10.1. The first-order valence-electron chi connectivity index (χ1n) is 13.2. The molecule has 1 aliphatic carbocycles. The number of phenolic OH excluding ortho intramolecular Hbond substituents is 2. The van der Waals surface area contributed by atoms with Crippen molar-refractivity contribution in [1.82, 2.24) is 4.90 Å². The lowest BCUT2D eigenvalue weighted by molar-refractivity contribution is 0.0739. The van der Waals surface area contributed by atoms with E-state index in [0.717, 1.165) is 32.7 Å². The Morgan fingerprint density at radius 3 is 2.32 bits per heavy atom. The van der Waals surface area contributed by atoms with Crippen molar-refractivity contribution in [3.05, 3.63) is 77.9 Å². The maximum absolute atomic E-state index is 13.8. The summed E-state index contributed by atoms with van der Waals surface area (Å²) < 4.78 is 7.30. The van der Waals surface area contributed by atoms with E-state index >= 15 is 0 Å². The minimum Gasteiger partial charge on any atom is -0.508 e. The molecule has 2 fully saturated rings. The monoisotopic (exact) mass is 513 g/mol. The highest BCUT2D eigenvalue weighted by molar-refractivity contribution is 7.22. The van der Waals surface area contributed by atoms with Crippen LogP contribution >= 0.6 is 11.3 Å². The van der Waals surface area contributed by atoms with Crippen molar-refractivity contribution in [3.8, 4) is 27.7 Å². The van der Waals surface area contributed by atoms with Gasteiger partial charge in [0.25, 0.3) is 0 Å². The van der Waals surface area contributed by atoms with Crippen LogP contribution in [0.4, 0.5) is 0 Å². The van der Waals surface area contributed by atoms with Gasteiger partial charge in [0.1, 0.15) is 23.4 Å². The SMILES string of the molecule is O=C(c1ccc(OC2CCCC2N2CCCCC2)cc1)c1c(-c2ccc(O)cc2)sc2cc(O)ccc12. The van der Waals surface area contributed by atoms with Crippen LogP contribution in [0.1, 0.15) is 54.4 Å². The zero-order chi connectivity index (χ0) is 25.4. The van der Waals surface area contributed by atoms with Crippen molar-refractivity contribution in [3.63, 3.8) is 0 Å². The van der Waals surface area contributed by atoms with Crippen LogP contribution in [0.5, 0.6) is 17.2 Å². The smallest absolute Gasteiger partial charge is 0.195 e.